The minimum absolute atomic E-state index is 0.385. The highest BCUT2D eigenvalue weighted by molar-refractivity contribution is 5.61. The van der Waals surface area contributed by atoms with Gasteiger partial charge in [0.15, 0.2) is 11.6 Å². The molecule has 1 saturated heterocycles. The number of benzene rings is 1. The molecule has 0 amide bonds. The first-order chi connectivity index (χ1) is 13.4. The fourth-order valence-corrected chi connectivity index (χ4v) is 3.67. The lowest BCUT2D eigenvalue weighted by Gasteiger charge is -2.39. The van der Waals surface area contributed by atoms with Crippen LogP contribution in [-0.4, -0.2) is 37.9 Å². The van der Waals surface area contributed by atoms with Gasteiger partial charge < -0.3 is 10.0 Å². The molecule has 3 heterocycles. The van der Waals surface area contributed by atoms with Crippen LogP contribution in [0, 0.1) is 18.6 Å². The van der Waals surface area contributed by atoms with Crippen molar-refractivity contribution in [3.05, 3.63) is 59.7 Å². The molecule has 1 aliphatic heterocycles. The summed E-state index contributed by atoms with van der Waals surface area (Å²) in [6.45, 7) is 2.98. The van der Waals surface area contributed by atoms with Gasteiger partial charge in [-0.05, 0) is 37.5 Å². The van der Waals surface area contributed by atoms with Gasteiger partial charge in [-0.25, -0.2) is 13.8 Å². The molecule has 6 nitrogen and oxygen atoms in total. The van der Waals surface area contributed by atoms with E-state index >= 15 is 0 Å². The maximum atomic E-state index is 13.6. The lowest BCUT2D eigenvalue weighted by Crippen LogP contribution is -2.43. The van der Waals surface area contributed by atoms with E-state index < -0.39 is 17.2 Å². The largest absolute Gasteiger partial charge is 0.385 e. The van der Waals surface area contributed by atoms with Crippen molar-refractivity contribution in [1.82, 2.24) is 19.7 Å². The Balaban J connectivity index is 1.53. The zero-order valence-electron chi connectivity index (χ0n) is 15.7. The van der Waals surface area contributed by atoms with E-state index in [9.17, 15) is 13.9 Å². The van der Waals surface area contributed by atoms with Gasteiger partial charge in [-0.15, -0.1) is 0 Å². The molecule has 146 valence electrons. The lowest BCUT2D eigenvalue weighted by molar-refractivity contribution is 0.0113. The van der Waals surface area contributed by atoms with Crippen LogP contribution in [0.4, 0.5) is 14.6 Å². The zero-order valence-corrected chi connectivity index (χ0v) is 15.7. The van der Waals surface area contributed by atoms with Crippen LogP contribution in [0.25, 0.3) is 11.3 Å². The molecule has 1 N–H and O–H groups in total. The van der Waals surface area contributed by atoms with E-state index in [1.54, 1.807) is 17.1 Å². The Morgan fingerprint density at radius 2 is 1.86 bits per heavy atom. The zero-order chi connectivity index (χ0) is 19.9. The second kappa shape index (κ2) is 6.94. The summed E-state index contributed by atoms with van der Waals surface area (Å²) in [7, 11) is 1.86. The van der Waals surface area contributed by atoms with Gasteiger partial charge in [0.1, 0.15) is 5.82 Å². The third-order valence-corrected chi connectivity index (χ3v) is 5.28. The SMILES string of the molecule is Cc1nn(C)cc1-c1cncc(N2CCC(O)(c3ccc(F)c(F)c3)CC2)n1. The molecule has 0 spiro atoms. The Morgan fingerprint density at radius 3 is 2.50 bits per heavy atom. The van der Waals surface area contributed by atoms with Crippen molar-refractivity contribution in [2.45, 2.75) is 25.4 Å². The van der Waals surface area contributed by atoms with E-state index in [2.05, 4.69) is 10.1 Å². The molecule has 0 atom stereocenters. The van der Waals surface area contributed by atoms with Crippen molar-refractivity contribution >= 4 is 5.82 Å². The maximum Gasteiger partial charge on any atom is 0.159 e. The van der Waals surface area contributed by atoms with Crippen molar-refractivity contribution < 1.29 is 13.9 Å². The number of aromatic nitrogens is 4. The van der Waals surface area contributed by atoms with Crippen LogP contribution < -0.4 is 4.90 Å². The van der Waals surface area contributed by atoms with Gasteiger partial charge >= 0.3 is 0 Å². The van der Waals surface area contributed by atoms with E-state index in [1.807, 2.05) is 25.1 Å². The number of aryl methyl sites for hydroxylation is 2. The number of piperidine rings is 1. The van der Waals surface area contributed by atoms with E-state index in [-0.39, 0.29) is 0 Å². The molecule has 0 saturated carbocycles. The average Bonchev–Trinajstić information content (AvgIpc) is 3.03. The molecule has 3 aromatic rings. The normalized spacial score (nSPS) is 16.4. The quantitative estimate of drug-likeness (QED) is 0.751. The lowest BCUT2D eigenvalue weighted by atomic mass is 9.84. The number of halogens is 2. The molecule has 4 rings (SSSR count). The van der Waals surface area contributed by atoms with Crippen LogP contribution in [0.2, 0.25) is 0 Å². The third kappa shape index (κ3) is 3.35. The molecule has 0 radical (unpaired) electrons. The van der Waals surface area contributed by atoms with Crippen molar-refractivity contribution in [2.24, 2.45) is 7.05 Å². The monoisotopic (exact) mass is 385 g/mol. The van der Waals surface area contributed by atoms with Crippen LogP contribution in [0.1, 0.15) is 24.1 Å². The Morgan fingerprint density at radius 1 is 1.11 bits per heavy atom. The number of aliphatic hydroxyl groups is 1. The molecule has 1 aliphatic rings. The molecule has 0 aliphatic carbocycles. The van der Waals surface area contributed by atoms with Gasteiger partial charge in [0.2, 0.25) is 0 Å². The Labute approximate surface area is 161 Å². The topological polar surface area (TPSA) is 67.1 Å². The summed E-state index contributed by atoms with van der Waals surface area (Å²) >= 11 is 0. The van der Waals surface area contributed by atoms with Gasteiger partial charge in [-0.3, -0.25) is 9.67 Å². The number of anilines is 1. The molecular formula is C20H21F2N5O. The van der Waals surface area contributed by atoms with Crippen LogP contribution in [0.15, 0.2) is 36.8 Å². The van der Waals surface area contributed by atoms with E-state index in [1.165, 1.54) is 6.07 Å². The standard InChI is InChI=1S/C20H21F2N5O/c1-13-15(12-26(2)25-13)18-10-23-11-19(24-18)27-7-5-20(28,6-8-27)14-3-4-16(21)17(22)9-14/h3-4,9-12,28H,5-8H2,1-2H3. The second-order valence-electron chi connectivity index (χ2n) is 7.21. The van der Waals surface area contributed by atoms with Gasteiger partial charge in [0, 0.05) is 31.9 Å². The second-order valence-corrected chi connectivity index (χ2v) is 7.21. The van der Waals surface area contributed by atoms with Crippen LogP contribution in [0.5, 0.6) is 0 Å². The summed E-state index contributed by atoms with van der Waals surface area (Å²) < 4.78 is 28.5. The molecular weight excluding hydrogens is 364 g/mol. The number of nitrogens with zero attached hydrogens (tertiary/aromatic N) is 5. The Kier molecular flexibility index (Phi) is 4.58. The van der Waals surface area contributed by atoms with Crippen molar-refractivity contribution in [2.75, 3.05) is 18.0 Å². The van der Waals surface area contributed by atoms with E-state index in [0.717, 1.165) is 29.1 Å². The molecule has 0 unspecified atom stereocenters. The first-order valence-corrected chi connectivity index (χ1v) is 9.11. The molecule has 1 aromatic carbocycles. The Bertz CT molecular complexity index is 1010. The van der Waals surface area contributed by atoms with Gasteiger partial charge in [-0.1, -0.05) is 6.07 Å². The van der Waals surface area contributed by atoms with E-state index in [4.69, 9.17) is 4.98 Å². The first kappa shape index (κ1) is 18.5. The summed E-state index contributed by atoms with van der Waals surface area (Å²) in [6.07, 6.45) is 6.07. The number of hydrogen-bond acceptors (Lipinski definition) is 5. The highest BCUT2D eigenvalue weighted by Crippen LogP contribution is 2.35. The summed E-state index contributed by atoms with van der Waals surface area (Å²) in [6, 6.07) is 3.58. The number of hydrogen-bond donors (Lipinski definition) is 1. The molecule has 2 aromatic heterocycles. The fourth-order valence-electron chi connectivity index (χ4n) is 3.67. The summed E-state index contributed by atoms with van der Waals surface area (Å²) in [5.74, 6) is -1.14. The van der Waals surface area contributed by atoms with Crippen molar-refractivity contribution in [1.29, 1.82) is 0 Å². The Hall–Kier alpha value is -2.87. The smallest absolute Gasteiger partial charge is 0.159 e. The van der Waals surface area contributed by atoms with Crippen molar-refractivity contribution in [3.63, 3.8) is 0 Å². The maximum absolute atomic E-state index is 13.6. The minimum Gasteiger partial charge on any atom is -0.385 e. The predicted molar refractivity (Wildman–Crippen MR) is 101 cm³/mol. The first-order valence-electron chi connectivity index (χ1n) is 9.11. The highest BCUT2D eigenvalue weighted by atomic mass is 19.2. The van der Waals surface area contributed by atoms with E-state index in [0.29, 0.717) is 37.3 Å². The molecule has 1 fully saturated rings. The van der Waals surface area contributed by atoms with Crippen molar-refractivity contribution in [3.8, 4) is 11.3 Å². The molecule has 0 bridgehead atoms. The van der Waals surface area contributed by atoms with Gasteiger partial charge in [0.25, 0.3) is 0 Å². The predicted octanol–water partition coefficient (Wildman–Crippen LogP) is 2.95. The fraction of sp³-hybridized carbons (Fsp3) is 0.350. The summed E-state index contributed by atoms with van der Waals surface area (Å²) in [5, 5.41) is 15.3. The third-order valence-electron chi connectivity index (χ3n) is 5.28. The highest BCUT2D eigenvalue weighted by Gasteiger charge is 2.35. The van der Waals surface area contributed by atoms with Gasteiger partial charge in [0.05, 0.1) is 29.4 Å². The molecule has 28 heavy (non-hydrogen) atoms. The summed E-state index contributed by atoms with van der Waals surface area (Å²) in [4.78, 5) is 11.1. The number of rotatable bonds is 3. The molecule has 8 heteroatoms. The summed E-state index contributed by atoms with van der Waals surface area (Å²) in [5.41, 5.74) is 1.75. The van der Waals surface area contributed by atoms with Crippen LogP contribution in [-0.2, 0) is 12.6 Å². The average molecular weight is 385 g/mol. The van der Waals surface area contributed by atoms with Crippen LogP contribution in [0.3, 0.4) is 0 Å². The van der Waals surface area contributed by atoms with Crippen LogP contribution >= 0.6 is 0 Å². The minimum atomic E-state index is -1.18. The van der Waals surface area contributed by atoms with Gasteiger partial charge in [-0.2, -0.15) is 5.10 Å².